The first-order valence-corrected chi connectivity index (χ1v) is 9.12. The van der Waals surface area contributed by atoms with Crippen molar-refractivity contribution >= 4 is 47.8 Å². The molecule has 22 heavy (non-hydrogen) atoms. The predicted molar refractivity (Wildman–Crippen MR) is 98.4 cm³/mol. The molecule has 1 saturated heterocycles. The molecular formula is C17H19ClN2S2. The van der Waals surface area contributed by atoms with Crippen molar-refractivity contribution in [3.8, 4) is 0 Å². The Balaban J connectivity index is 1.91. The van der Waals surface area contributed by atoms with Crippen LogP contribution < -0.4 is 9.88 Å². The lowest BCUT2D eigenvalue weighted by Crippen LogP contribution is -2.37. The normalized spacial score (nSPS) is 17.0. The fraction of sp³-hybridized carbons (Fsp3) is 0.353. The molecule has 0 unspecified atom stereocenters. The topological polar surface area (TPSA) is 8.17 Å². The molecule has 0 bridgehead atoms. The minimum atomic E-state index is 0.752. The van der Waals surface area contributed by atoms with Gasteiger partial charge in [0.05, 0.1) is 16.6 Å². The summed E-state index contributed by atoms with van der Waals surface area (Å²) >= 11 is 13.1. The Morgan fingerprint density at radius 1 is 1.18 bits per heavy atom. The number of aromatic nitrogens is 1. The Bertz CT molecular complexity index is 799. The number of hydrogen-bond donors (Lipinski definition) is 0. The van der Waals surface area contributed by atoms with Gasteiger partial charge in [0.25, 0.3) is 0 Å². The highest BCUT2D eigenvalue weighted by Gasteiger charge is 2.11. The minimum absolute atomic E-state index is 0.752. The summed E-state index contributed by atoms with van der Waals surface area (Å²) in [7, 11) is 0. The third kappa shape index (κ3) is 3.69. The van der Waals surface area contributed by atoms with Crippen LogP contribution in [0.3, 0.4) is 0 Å². The van der Waals surface area contributed by atoms with Gasteiger partial charge < -0.3 is 4.57 Å². The summed E-state index contributed by atoms with van der Waals surface area (Å²) in [6.45, 7) is 7.43. The molecule has 0 saturated carbocycles. The van der Waals surface area contributed by atoms with E-state index in [1.807, 2.05) is 24.3 Å². The highest BCUT2D eigenvalue weighted by atomic mass is 35.5. The lowest BCUT2D eigenvalue weighted by molar-refractivity contribution is 0.180. The summed E-state index contributed by atoms with van der Waals surface area (Å²) in [4.78, 5) is 2.47. The van der Waals surface area contributed by atoms with Gasteiger partial charge in [-0.05, 0) is 61.9 Å². The van der Waals surface area contributed by atoms with Crippen LogP contribution in [0.15, 0.2) is 24.3 Å². The van der Waals surface area contributed by atoms with Crippen molar-refractivity contribution in [1.29, 1.82) is 0 Å². The van der Waals surface area contributed by atoms with Crippen molar-refractivity contribution in [2.75, 3.05) is 13.1 Å². The number of thiazole rings is 1. The molecule has 2 heterocycles. The number of piperidine rings is 1. The van der Waals surface area contributed by atoms with Crippen LogP contribution in [0, 0.1) is 3.95 Å². The number of hydrogen-bond acceptors (Lipinski definition) is 3. The fourth-order valence-electron chi connectivity index (χ4n) is 2.72. The Hall–Kier alpha value is -0.940. The SMILES string of the molecule is C=c1/c(=C/c2ccc(Cl)cc2)sc(=S)n1CN1CCCCC1. The summed E-state index contributed by atoms with van der Waals surface area (Å²) in [5.74, 6) is 0. The zero-order chi connectivity index (χ0) is 15.5. The molecule has 0 atom stereocenters. The van der Waals surface area contributed by atoms with Crippen LogP contribution in [0.4, 0.5) is 0 Å². The molecule has 2 aromatic rings. The predicted octanol–water partition coefficient (Wildman–Crippen LogP) is 3.61. The molecule has 1 aliphatic heterocycles. The average Bonchev–Trinajstić information content (AvgIpc) is 2.78. The summed E-state index contributed by atoms with van der Waals surface area (Å²) in [6.07, 6.45) is 6.05. The van der Waals surface area contributed by atoms with E-state index in [4.69, 9.17) is 23.8 Å². The number of halogens is 1. The van der Waals surface area contributed by atoms with Crippen LogP contribution >= 0.6 is 35.2 Å². The summed E-state index contributed by atoms with van der Waals surface area (Å²) in [6, 6.07) is 7.83. The second-order valence-corrected chi connectivity index (χ2v) is 7.74. The third-order valence-electron chi connectivity index (χ3n) is 3.99. The van der Waals surface area contributed by atoms with Gasteiger partial charge in [-0.1, -0.05) is 36.7 Å². The van der Waals surface area contributed by atoms with E-state index in [2.05, 4.69) is 22.1 Å². The van der Waals surface area contributed by atoms with E-state index in [1.54, 1.807) is 11.3 Å². The van der Waals surface area contributed by atoms with Crippen molar-refractivity contribution in [1.82, 2.24) is 9.47 Å². The van der Waals surface area contributed by atoms with Crippen molar-refractivity contribution in [3.63, 3.8) is 0 Å². The largest absolute Gasteiger partial charge is 0.310 e. The third-order valence-corrected chi connectivity index (χ3v) is 5.68. The summed E-state index contributed by atoms with van der Waals surface area (Å²) < 4.78 is 4.19. The van der Waals surface area contributed by atoms with Crippen molar-refractivity contribution in [2.45, 2.75) is 25.9 Å². The first kappa shape index (κ1) is 15.9. The van der Waals surface area contributed by atoms with Crippen LogP contribution in [0.2, 0.25) is 5.02 Å². The van der Waals surface area contributed by atoms with E-state index in [9.17, 15) is 0 Å². The van der Waals surface area contributed by atoms with E-state index >= 15 is 0 Å². The maximum atomic E-state index is 5.93. The Labute approximate surface area is 145 Å². The van der Waals surface area contributed by atoms with Gasteiger partial charge in [-0.25, -0.2) is 0 Å². The van der Waals surface area contributed by atoms with E-state index in [0.717, 1.165) is 44.2 Å². The second kappa shape index (κ2) is 7.09. The van der Waals surface area contributed by atoms with E-state index in [1.165, 1.54) is 19.3 Å². The molecule has 116 valence electrons. The molecular weight excluding hydrogens is 332 g/mol. The van der Waals surface area contributed by atoms with Gasteiger partial charge in [0.15, 0.2) is 3.95 Å². The number of likely N-dealkylation sites (tertiary alicyclic amines) is 1. The van der Waals surface area contributed by atoms with Gasteiger partial charge >= 0.3 is 0 Å². The Morgan fingerprint density at radius 3 is 2.55 bits per heavy atom. The molecule has 1 aromatic carbocycles. The quantitative estimate of drug-likeness (QED) is 0.781. The molecule has 3 rings (SSSR count). The van der Waals surface area contributed by atoms with Crippen molar-refractivity contribution < 1.29 is 0 Å². The molecule has 0 spiro atoms. The smallest absolute Gasteiger partial charge is 0.163 e. The van der Waals surface area contributed by atoms with Crippen LogP contribution in [-0.2, 0) is 6.67 Å². The van der Waals surface area contributed by atoms with Crippen molar-refractivity contribution in [2.24, 2.45) is 0 Å². The van der Waals surface area contributed by atoms with Gasteiger partial charge in [0.2, 0.25) is 0 Å². The fourth-order valence-corrected chi connectivity index (χ4v) is 4.17. The number of rotatable bonds is 3. The highest BCUT2D eigenvalue weighted by molar-refractivity contribution is 7.73. The zero-order valence-corrected chi connectivity index (χ0v) is 14.8. The summed E-state index contributed by atoms with van der Waals surface area (Å²) in [5, 5.41) is 1.76. The zero-order valence-electron chi connectivity index (χ0n) is 12.4. The molecule has 5 heteroatoms. The molecule has 0 radical (unpaired) electrons. The molecule has 2 nitrogen and oxygen atoms in total. The lowest BCUT2D eigenvalue weighted by atomic mass is 10.1. The van der Waals surface area contributed by atoms with Gasteiger partial charge in [0, 0.05) is 5.02 Å². The number of nitrogens with zero attached hydrogens (tertiary/aromatic N) is 2. The molecule has 0 N–H and O–H groups in total. The molecule has 1 aliphatic rings. The molecule has 0 aliphatic carbocycles. The van der Waals surface area contributed by atoms with Gasteiger partial charge in [-0.2, -0.15) is 0 Å². The van der Waals surface area contributed by atoms with Crippen molar-refractivity contribution in [3.05, 3.63) is 48.7 Å². The molecule has 1 aromatic heterocycles. The van der Waals surface area contributed by atoms with Gasteiger partial charge in [-0.3, -0.25) is 4.90 Å². The standard InChI is InChI=1S/C17H19ClN2S2/c1-13-16(11-14-5-7-15(18)8-6-14)22-17(21)20(13)12-19-9-3-2-4-10-19/h5-8,11H,1-4,9-10,12H2/b16-11-. The molecule has 0 amide bonds. The first-order chi connectivity index (χ1) is 10.6. The molecule has 1 fully saturated rings. The Morgan fingerprint density at radius 2 is 1.86 bits per heavy atom. The second-order valence-electron chi connectivity index (χ2n) is 5.62. The van der Waals surface area contributed by atoms with E-state index in [0.29, 0.717) is 0 Å². The Kier molecular flexibility index (Phi) is 5.14. The first-order valence-electron chi connectivity index (χ1n) is 7.52. The maximum Gasteiger partial charge on any atom is 0.163 e. The minimum Gasteiger partial charge on any atom is -0.310 e. The monoisotopic (exact) mass is 350 g/mol. The lowest BCUT2D eigenvalue weighted by Gasteiger charge is -2.26. The maximum absolute atomic E-state index is 5.93. The van der Waals surface area contributed by atoms with Crippen LogP contribution in [0.25, 0.3) is 12.7 Å². The van der Waals surface area contributed by atoms with E-state index in [-0.39, 0.29) is 0 Å². The van der Waals surface area contributed by atoms with Crippen LogP contribution in [0.1, 0.15) is 24.8 Å². The number of benzene rings is 1. The summed E-state index contributed by atoms with van der Waals surface area (Å²) in [5.41, 5.74) is 1.12. The highest BCUT2D eigenvalue weighted by Crippen LogP contribution is 2.11. The van der Waals surface area contributed by atoms with Gasteiger partial charge in [0.1, 0.15) is 0 Å². The van der Waals surface area contributed by atoms with Crippen LogP contribution in [-0.4, -0.2) is 22.6 Å². The average molecular weight is 351 g/mol. The van der Waals surface area contributed by atoms with E-state index < -0.39 is 0 Å². The van der Waals surface area contributed by atoms with Crippen LogP contribution in [0.5, 0.6) is 0 Å². The van der Waals surface area contributed by atoms with Gasteiger partial charge in [-0.15, -0.1) is 11.3 Å².